The fourth-order valence-corrected chi connectivity index (χ4v) is 5.43. The highest BCUT2D eigenvalue weighted by atomic mass is 32.2. The first kappa shape index (κ1) is 25.0. The van der Waals surface area contributed by atoms with Gasteiger partial charge in [-0.15, -0.1) is 0 Å². The van der Waals surface area contributed by atoms with E-state index in [0.717, 1.165) is 40.7 Å². The number of benzene rings is 3. The second-order valence-electron chi connectivity index (χ2n) is 8.41. The molecule has 0 amide bonds. The van der Waals surface area contributed by atoms with Crippen LogP contribution in [0.25, 0.3) is 11.1 Å². The molecule has 3 aromatic rings. The van der Waals surface area contributed by atoms with Gasteiger partial charge in [-0.2, -0.15) is 13.2 Å². The first-order valence-corrected chi connectivity index (χ1v) is 12.3. The standard InChI is InChI=1S/C25H22F5NO3S/c1-3-15(2)24-14-31(35(32,33)19-6-4-5-17(12-19)25(28,29)30)22-11-16(7-10-23(22)34-24)20-13-18(26)8-9-21(20)27/h4-13,15,24H,3,14H2,1-2H3. The molecule has 1 aliphatic rings. The summed E-state index contributed by atoms with van der Waals surface area (Å²) in [6, 6.07) is 10.7. The van der Waals surface area contributed by atoms with E-state index in [1.165, 1.54) is 18.2 Å². The van der Waals surface area contributed by atoms with Gasteiger partial charge in [-0.05, 0) is 66.4 Å². The normalized spacial score (nSPS) is 17.0. The molecule has 0 spiro atoms. The van der Waals surface area contributed by atoms with Gasteiger partial charge >= 0.3 is 6.18 Å². The van der Waals surface area contributed by atoms with E-state index in [1.54, 1.807) is 0 Å². The summed E-state index contributed by atoms with van der Waals surface area (Å²) in [7, 11) is -4.46. The Morgan fingerprint density at radius 2 is 1.80 bits per heavy atom. The van der Waals surface area contributed by atoms with Crippen molar-refractivity contribution in [2.75, 3.05) is 10.8 Å². The lowest BCUT2D eigenvalue weighted by Gasteiger charge is -2.38. The summed E-state index contributed by atoms with van der Waals surface area (Å²) < 4.78 is 102. The van der Waals surface area contributed by atoms with Crippen LogP contribution in [-0.4, -0.2) is 21.1 Å². The van der Waals surface area contributed by atoms with Crippen molar-refractivity contribution in [3.05, 3.63) is 77.9 Å². The van der Waals surface area contributed by atoms with Crippen LogP contribution in [0.1, 0.15) is 25.8 Å². The van der Waals surface area contributed by atoms with Gasteiger partial charge in [0.05, 0.1) is 22.7 Å². The Bertz CT molecular complexity index is 1360. The van der Waals surface area contributed by atoms with E-state index in [4.69, 9.17) is 4.74 Å². The fourth-order valence-electron chi connectivity index (χ4n) is 3.91. The Hall–Kier alpha value is -3.14. The van der Waals surface area contributed by atoms with Crippen molar-refractivity contribution in [1.82, 2.24) is 0 Å². The molecule has 0 saturated carbocycles. The average Bonchev–Trinajstić information content (AvgIpc) is 2.83. The third-order valence-electron chi connectivity index (χ3n) is 6.12. The van der Waals surface area contributed by atoms with E-state index in [-0.39, 0.29) is 35.0 Å². The van der Waals surface area contributed by atoms with Crippen LogP contribution in [0.3, 0.4) is 0 Å². The van der Waals surface area contributed by atoms with E-state index in [2.05, 4.69) is 0 Å². The lowest BCUT2D eigenvalue weighted by atomic mass is 9.99. The molecule has 4 nitrogen and oxygen atoms in total. The molecule has 10 heteroatoms. The third kappa shape index (κ3) is 4.84. The zero-order valence-corrected chi connectivity index (χ0v) is 19.6. The summed E-state index contributed by atoms with van der Waals surface area (Å²) in [6.07, 6.45) is -4.62. The fraction of sp³-hybridized carbons (Fsp3) is 0.280. The monoisotopic (exact) mass is 511 g/mol. The van der Waals surface area contributed by atoms with Crippen molar-refractivity contribution < 1.29 is 35.1 Å². The Morgan fingerprint density at radius 1 is 1.06 bits per heavy atom. The predicted octanol–water partition coefficient (Wildman–Crippen LogP) is 6.65. The highest BCUT2D eigenvalue weighted by Gasteiger charge is 2.38. The minimum atomic E-state index is -4.73. The van der Waals surface area contributed by atoms with Crippen molar-refractivity contribution >= 4 is 15.7 Å². The minimum Gasteiger partial charge on any atom is -0.486 e. The molecule has 1 aliphatic heterocycles. The van der Waals surface area contributed by atoms with Gasteiger partial charge in [-0.1, -0.05) is 26.0 Å². The molecule has 0 aliphatic carbocycles. The summed E-state index contributed by atoms with van der Waals surface area (Å²) in [6.45, 7) is 3.63. The molecule has 2 unspecified atom stereocenters. The summed E-state index contributed by atoms with van der Waals surface area (Å²) in [5, 5.41) is 0. The lowest BCUT2D eigenvalue weighted by Crippen LogP contribution is -2.46. The molecule has 0 bridgehead atoms. The van der Waals surface area contributed by atoms with Crippen LogP contribution in [0.5, 0.6) is 5.75 Å². The number of hydrogen-bond acceptors (Lipinski definition) is 3. The van der Waals surface area contributed by atoms with Crippen LogP contribution in [0.15, 0.2) is 65.6 Å². The molecule has 2 atom stereocenters. The quantitative estimate of drug-likeness (QED) is 0.360. The van der Waals surface area contributed by atoms with Crippen molar-refractivity contribution in [3.8, 4) is 16.9 Å². The summed E-state index contributed by atoms with van der Waals surface area (Å²) in [5.74, 6) is -1.28. The molecule has 0 saturated heterocycles. The minimum absolute atomic E-state index is 0.0307. The van der Waals surface area contributed by atoms with E-state index >= 15 is 0 Å². The Morgan fingerprint density at radius 3 is 2.49 bits per heavy atom. The number of nitrogens with zero attached hydrogens (tertiary/aromatic N) is 1. The average molecular weight is 512 g/mol. The zero-order valence-electron chi connectivity index (χ0n) is 18.8. The van der Waals surface area contributed by atoms with Crippen LogP contribution < -0.4 is 9.04 Å². The maximum atomic E-state index is 14.4. The van der Waals surface area contributed by atoms with Gasteiger partial charge in [0.15, 0.2) is 0 Å². The van der Waals surface area contributed by atoms with Gasteiger partial charge in [0, 0.05) is 5.56 Å². The van der Waals surface area contributed by atoms with Crippen molar-refractivity contribution in [3.63, 3.8) is 0 Å². The molecular weight excluding hydrogens is 489 g/mol. The van der Waals surface area contributed by atoms with Crippen LogP contribution in [0, 0.1) is 17.6 Å². The van der Waals surface area contributed by atoms with E-state index in [0.29, 0.717) is 12.5 Å². The molecule has 1 heterocycles. The molecule has 186 valence electrons. The first-order chi connectivity index (χ1) is 16.4. The SMILES string of the molecule is CCC(C)C1CN(S(=O)(=O)c2cccc(C(F)(F)F)c2)c2cc(-c3cc(F)ccc3F)ccc2O1. The van der Waals surface area contributed by atoms with E-state index in [9.17, 15) is 30.4 Å². The predicted molar refractivity (Wildman–Crippen MR) is 122 cm³/mol. The number of halogens is 5. The van der Waals surface area contributed by atoms with Crippen molar-refractivity contribution in [2.24, 2.45) is 5.92 Å². The van der Waals surface area contributed by atoms with Crippen LogP contribution in [0.2, 0.25) is 0 Å². The van der Waals surface area contributed by atoms with Gasteiger partial charge in [-0.3, -0.25) is 4.31 Å². The number of rotatable bonds is 5. The summed E-state index contributed by atoms with van der Waals surface area (Å²) in [4.78, 5) is -0.537. The molecule has 4 rings (SSSR count). The molecule has 0 fully saturated rings. The number of fused-ring (bicyclic) bond motifs is 1. The maximum Gasteiger partial charge on any atom is 0.416 e. The van der Waals surface area contributed by atoms with Crippen LogP contribution in [-0.2, 0) is 16.2 Å². The van der Waals surface area contributed by atoms with Crippen LogP contribution >= 0.6 is 0 Å². The Kier molecular flexibility index (Phi) is 6.52. The van der Waals surface area contributed by atoms with Crippen molar-refractivity contribution in [2.45, 2.75) is 37.4 Å². The molecule has 3 aromatic carbocycles. The largest absolute Gasteiger partial charge is 0.486 e. The number of ether oxygens (including phenoxy) is 1. The Labute approximate surface area is 200 Å². The van der Waals surface area contributed by atoms with E-state index in [1.807, 2.05) is 13.8 Å². The third-order valence-corrected chi connectivity index (χ3v) is 7.89. The number of alkyl halides is 3. The number of hydrogen-bond donors (Lipinski definition) is 0. The maximum absolute atomic E-state index is 14.4. The summed E-state index contributed by atoms with van der Waals surface area (Å²) >= 11 is 0. The number of sulfonamides is 1. The second kappa shape index (κ2) is 9.14. The smallest absolute Gasteiger partial charge is 0.416 e. The first-order valence-electron chi connectivity index (χ1n) is 10.9. The molecule has 35 heavy (non-hydrogen) atoms. The van der Waals surface area contributed by atoms with Crippen LogP contribution in [0.4, 0.5) is 27.6 Å². The Balaban J connectivity index is 1.87. The molecule has 0 N–H and O–H groups in total. The summed E-state index contributed by atoms with van der Waals surface area (Å²) in [5.41, 5.74) is -0.965. The van der Waals surface area contributed by atoms with Gasteiger partial charge in [-0.25, -0.2) is 17.2 Å². The van der Waals surface area contributed by atoms with Crippen molar-refractivity contribution in [1.29, 1.82) is 0 Å². The second-order valence-corrected chi connectivity index (χ2v) is 10.3. The molecule has 0 radical (unpaired) electrons. The molecule has 0 aromatic heterocycles. The van der Waals surface area contributed by atoms with Gasteiger partial charge in [0.1, 0.15) is 23.5 Å². The van der Waals surface area contributed by atoms with E-state index < -0.39 is 44.4 Å². The number of anilines is 1. The van der Waals surface area contributed by atoms with Gasteiger partial charge in [0.2, 0.25) is 0 Å². The highest BCUT2D eigenvalue weighted by molar-refractivity contribution is 7.92. The zero-order chi connectivity index (χ0) is 25.5. The lowest BCUT2D eigenvalue weighted by molar-refractivity contribution is -0.137. The highest BCUT2D eigenvalue weighted by Crippen LogP contribution is 2.42. The topological polar surface area (TPSA) is 46.6 Å². The van der Waals surface area contributed by atoms with Gasteiger partial charge < -0.3 is 4.74 Å². The molecular formula is C25H22F5NO3S. The van der Waals surface area contributed by atoms with Gasteiger partial charge in [0.25, 0.3) is 10.0 Å².